The molecule has 1 atom stereocenters. The second-order valence-corrected chi connectivity index (χ2v) is 2.33. The Morgan fingerprint density at radius 1 is 1.73 bits per heavy atom. The smallest absolute Gasteiger partial charge is 0.428 e. The molecule has 0 spiro atoms. The summed E-state index contributed by atoms with van der Waals surface area (Å²) >= 11 is 5.13. The Labute approximate surface area is 69.4 Å². The van der Waals surface area contributed by atoms with Crippen molar-refractivity contribution in [2.45, 2.75) is 12.5 Å². The molecule has 0 N–H and O–H groups in total. The van der Waals surface area contributed by atoms with Crippen LogP contribution in [0.4, 0.5) is 4.79 Å². The number of hydrogen-bond acceptors (Lipinski definition) is 4. The Hall–Kier alpha value is -0.480. The van der Waals surface area contributed by atoms with Crippen molar-refractivity contribution in [2.75, 3.05) is 19.3 Å². The van der Waals surface area contributed by atoms with Gasteiger partial charge in [-0.15, -0.1) is 0 Å². The fourth-order valence-electron chi connectivity index (χ4n) is 0.820. The third-order valence-electron chi connectivity index (χ3n) is 1.32. The summed E-state index contributed by atoms with van der Waals surface area (Å²) in [6.07, 6.45) is -0.154. The van der Waals surface area contributed by atoms with Crippen molar-refractivity contribution in [1.29, 1.82) is 0 Å². The highest BCUT2D eigenvalue weighted by Gasteiger charge is 2.20. The summed E-state index contributed by atoms with van der Waals surface area (Å²) in [5, 5.41) is 0. The first kappa shape index (κ1) is 8.62. The van der Waals surface area contributed by atoms with E-state index in [1.807, 2.05) is 0 Å². The minimum atomic E-state index is -0.726. The van der Waals surface area contributed by atoms with Gasteiger partial charge < -0.3 is 14.2 Å². The van der Waals surface area contributed by atoms with Crippen LogP contribution in [0.15, 0.2) is 0 Å². The van der Waals surface area contributed by atoms with E-state index in [0.717, 1.165) is 6.42 Å². The van der Waals surface area contributed by atoms with Gasteiger partial charge >= 0.3 is 6.16 Å². The van der Waals surface area contributed by atoms with E-state index < -0.39 is 6.16 Å². The van der Waals surface area contributed by atoms with Crippen LogP contribution in [-0.2, 0) is 14.2 Å². The number of carbonyl (C=O) groups excluding carboxylic acids is 1. The summed E-state index contributed by atoms with van der Waals surface area (Å²) in [4.78, 5) is 10.6. The molecule has 0 saturated carbocycles. The van der Waals surface area contributed by atoms with Crippen LogP contribution >= 0.6 is 11.6 Å². The Morgan fingerprint density at radius 3 is 3.09 bits per heavy atom. The van der Waals surface area contributed by atoms with Gasteiger partial charge in [-0.1, -0.05) is 11.6 Å². The van der Waals surface area contributed by atoms with Crippen LogP contribution in [-0.4, -0.2) is 31.5 Å². The van der Waals surface area contributed by atoms with Gasteiger partial charge in [-0.2, -0.15) is 0 Å². The van der Waals surface area contributed by atoms with Gasteiger partial charge in [-0.25, -0.2) is 4.79 Å². The molecule has 1 unspecified atom stereocenters. The van der Waals surface area contributed by atoms with Crippen molar-refractivity contribution >= 4 is 17.8 Å². The molecule has 0 radical (unpaired) electrons. The topological polar surface area (TPSA) is 44.8 Å². The van der Waals surface area contributed by atoms with Gasteiger partial charge in [0, 0.05) is 6.42 Å². The minimum Gasteiger partial charge on any atom is -0.428 e. The monoisotopic (exact) mass is 180 g/mol. The zero-order valence-electron chi connectivity index (χ0n) is 5.92. The van der Waals surface area contributed by atoms with Gasteiger partial charge in [0.1, 0.15) is 6.10 Å². The number of hydrogen-bond donors (Lipinski definition) is 0. The SMILES string of the molecule is O=C(OCCl)OC1CCOC1. The van der Waals surface area contributed by atoms with Gasteiger partial charge in [0.15, 0.2) is 6.07 Å². The molecule has 1 fully saturated rings. The maximum Gasteiger partial charge on any atom is 0.509 e. The molecule has 0 aliphatic carbocycles. The highest BCUT2D eigenvalue weighted by molar-refractivity contribution is 6.17. The Bertz CT molecular complexity index is 133. The highest BCUT2D eigenvalue weighted by Crippen LogP contribution is 2.08. The Morgan fingerprint density at radius 2 is 2.55 bits per heavy atom. The van der Waals surface area contributed by atoms with E-state index in [2.05, 4.69) is 4.74 Å². The molecule has 11 heavy (non-hydrogen) atoms. The van der Waals surface area contributed by atoms with E-state index in [4.69, 9.17) is 21.1 Å². The molecule has 0 amide bonds. The molecular formula is C6H9ClO4. The van der Waals surface area contributed by atoms with E-state index in [1.165, 1.54) is 0 Å². The van der Waals surface area contributed by atoms with E-state index >= 15 is 0 Å². The normalized spacial score (nSPS) is 23.2. The lowest BCUT2D eigenvalue weighted by molar-refractivity contribution is 0.0283. The van der Waals surface area contributed by atoms with Crippen LogP contribution in [0.3, 0.4) is 0 Å². The second kappa shape index (κ2) is 4.41. The molecule has 1 aliphatic heterocycles. The van der Waals surface area contributed by atoms with Crippen molar-refractivity contribution < 1.29 is 19.0 Å². The van der Waals surface area contributed by atoms with Crippen LogP contribution in [0.5, 0.6) is 0 Å². The van der Waals surface area contributed by atoms with Crippen molar-refractivity contribution in [1.82, 2.24) is 0 Å². The van der Waals surface area contributed by atoms with Gasteiger partial charge in [-0.05, 0) is 0 Å². The average molecular weight is 181 g/mol. The van der Waals surface area contributed by atoms with E-state index in [-0.39, 0.29) is 12.2 Å². The van der Waals surface area contributed by atoms with Crippen molar-refractivity contribution in [3.8, 4) is 0 Å². The molecule has 0 aromatic heterocycles. The zero-order valence-corrected chi connectivity index (χ0v) is 6.67. The van der Waals surface area contributed by atoms with Crippen molar-refractivity contribution in [2.24, 2.45) is 0 Å². The van der Waals surface area contributed by atoms with E-state index in [0.29, 0.717) is 13.2 Å². The number of carbonyl (C=O) groups is 1. The summed E-state index contributed by atoms with van der Waals surface area (Å²) in [6, 6.07) is -0.174. The molecule has 1 aliphatic rings. The largest absolute Gasteiger partial charge is 0.509 e. The standard InChI is InChI=1S/C6H9ClO4/c7-4-10-6(8)11-5-1-2-9-3-5/h5H,1-4H2. The lowest BCUT2D eigenvalue weighted by atomic mass is 10.3. The quantitative estimate of drug-likeness (QED) is 0.472. The summed E-state index contributed by atoms with van der Waals surface area (Å²) < 4.78 is 14.1. The molecule has 64 valence electrons. The van der Waals surface area contributed by atoms with Crippen LogP contribution in [0.1, 0.15) is 6.42 Å². The minimum absolute atomic E-state index is 0.161. The van der Waals surface area contributed by atoms with Gasteiger partial charge in [0.2, 0.25) is 0 Å². The molecule has 0 aromatic carbocycles. The summed E-state index contributed by atoms with van der Waals surface area (Å²) in [5.74, 6) is 0. The summed E-state index contributed by atoms with van der Waals surface area (Å²) in [5.41, 5.74) is 0. The first-order chi connectivity index (χ1) is 5.33. The fourth-order valence-corrected chi connectivity index (χ4v) is 0.910. The Balaban J connectivity index is 2.13. The molecule has 1 rings (SSSR count). The fraction of sp³-hybridized carbons (Fsp3) is 0.833. The van der Waals surface area contributed by atoms with E-state index in [9.17, 15) is 4.79 Å². The lowest BCUT2D eigenvalue weighted by Crippen LogP contribution is -2.18. The third-order valence-corrected chi connectivity index (χ3v) is 1.43. The number of alkyl halides is 1. The molecular weight excluding hydrogens is 172 g/mol. The molecule has 1 heterocycles. The second-order valence-electron chi connectivity index (χ2n) is 2.11. The number of rotatable bonds is 2. The molecule has 1 saturated heterocycles. The number of halogens is 1. The van der Waals surface area contributed by atoms with Gasteiger partial charge in [-0.3, -0.25) is 0 Å². The molecule has 0 bridgehead atoms. The van der Waals surface area contributed by atoms with Crippen molar-refractivity contribution in [3.63, 3.8) is 0 Å². The maximum atomic E-state index is 10.6. The Kier molecular flexibility index (Phi) is 3.45. The third kappa shape index (κ3) is 2.95. The van der Waals surface area contributed by atoms with Crippen LogP contribution in [0, 0.1) is 0 Å². The predicted molar refractivity (Wildman–Crippen MR) is 37.5 cm³/mol. The van der Waals surface area contributed by atoms with Gasteiger partial charge in [0.05, 0.1) is 13.2 Å². The first-order valence-electron chi connectivity index (χ1n) is 3.30. The molecule has 0 aromatic rings. The molecule has 5 heteroatoms. The summed E-state index contributed by atoms with van der Waals surface area (Å²) in [7, 11) is 0. The highest BCUT2D eigenvalue weighted by atomic mass is 35.5. The maximum absolute atomic E-state index is 10.6. The summed E-state index contributed by atoms with van der Waals surface area (Å²) in [6.45, 7) is 1.09. The van der Waals surface area contributed by atoms with Crippen LogP contribution < -0.4 is 0 Å². The van der Waals surface area contributed by atoms with E-state index in [1.54, 1.807) is 0 Å². The lowest BCUT2D eigenvalue weighted by Gasteiger charge is -2.07. The number of ether oxygens (including phenoxy) is 3. The average Bonchev–Trinajstić information content (AvgIpc) is 2.40. The molecule has 4 nitrogen and oxygen atoms in total. The van der Waals surface area contributed by atoms with Crippen LogP contribution in [0.2, 0.25) is 0 Å². The van der Waals surface area contributed by atoms with Crippen molar-refractivity contribution in [3.05, 3.63) is 0 Å². The van der Waals surface area contributed by atoms with Gasteiger partial charge in [0.25, 0.3) is 0 Å². The zero-order chi connectivity index (χ0) is 8.10. The van der Waals surface area contributed by atoms with Crippen LogP contribution in [0.25, 0.3) is 0 Å². The first-order valence-corrected chi connectivity index (χ1v) is 3.83. The predicted octanol–water partition coefficient (Wildman–Crippen LogP) is 1.12.